The van der Waals surface area contributed by atoms with Gasteiger partial charge in [-0.1, -0.05) is 0 Å². The molecule has 0 aromatic rings. The second kappa shape index (κ2) is 2.83. The lowest BCUT2D eigenvalue weighted by Crippen LogP contribution is -2.03. The van der Waals surface area contributed by atoms with Crippen molar-refractivity contribution in [2.75, 3.05) is 5.75 Å². The van der Waals surface area contributed by atoms with Gasteiger partial charge in [0.15, 0.2) is 0 Å². The highest BCUT2D eigenvalue weighted by Gasteiger charge is 2.09. The van der Waals surface area contributed by atoms with Gasteiger partial charge in [-0.05, 0) is 18.6 Å². The molecule has 1 unspecified atom stereocenters. The Bertz CT molecular complexity index is 50.0. The minimum atomic E-state index is 0.346. The number of rotatable bonds is 0. The summed E-state index contributed by atoms with van der Waals surface area (Å²) in [6.07, 6.45) is 2.46. The summed E-state index contributed by atoms with van der Waals surface area (Å²) in [4.78, 5) is 0. The predicted molar refractivity (Wildman–Crippen MR) is 35.6 cm³/mol. The molecule has 41 valence electrons. The average molecular weight is 136 g/mol. The molecule has 0 bridgehead atoms. The maximum absolute atomic E-state index is 5.74. The molecule has 0 nitrogen and oxygen atoms in total. The zero-order valence-corrected chi connectivity index (χ0v) is 5.63. The largest absolute Gasteiger partial charge is 0.156 e. The van der Waals surface area contributed by atoms with Crippen LogP contribution in [-0.4, -0.2) is 11.1 Å². The quantitative estimate of drug-likeness (QED) is 0.460. The molecule has 1 rings (SSSR count). The Labute approximate surface area is 53.6 Å². The van der Waals surface area contributed by atoms with Gasteiger partial charge in [0.2, 0.25) is 0 Å². The van der Waals surface area contributed by atoms with Crippen LogP contribution < -0.4 is 0 Å². The lowest BCUT2D eigenvalue weighted by molar-refractivity contribution is 0.804. The Morgan fingerprint density at radius 2 is 2.57 bits per heavy atom. The third-order valence-electron chi connectivity index (χ3n) is 0.986. The maximum Gasteiger partial charge on any atom is 0.0466 e. The minimum absolute atomic E-state index is 0.346. The third-order valence-corrected chi connectivity index (χ3v) is 2.52. The Balaban J connectivity index is 2.12. The van der Waals surface area contributed by atoms with Crippen molar-refractivity contribution in [2.24, 2.45) is 0 Å². The first-order valence-corrected chi connectivity index (χ1v) is 3.97. The van der Waals surface area contributed by atoms with Gasteiger partial charge in [-0.25, -0.2) is 0 Å². The smallest absolute Gasteiger partial charge is 0.0466 e. The average Bonchev–Trinajstić information content (AvgIpc) is 1.69. The van der Waals surface area contributed by atoms with Gasteiger partial charge in [0, 0.05) is 11.1 Å². The first-order chi connectivity index (χ1) is 3.39. The summed E-state index contributed by atoms with van der Waals surface area (Å²) in [5.41, 5.74) is 0. The molecule has 0 N–H and O–H groups in total. The van der Waals surface area contributed by atoms with Crippen LogP contribution in [-0.2, 0) is 0 Å². The van der Waals surface area contributed by atoms with Gasteiger partial charge >= 0.3 is 0 Å². The molecule has 1 heterocycles. The molecule has 1 saturated heterocycles. The SMILES string of the molecule is ClC1[CH]SCCC1. The van der Waals surface area contributed by atoms with Crippen molar-refractivity contribution in [3.63, 3.8) is 0 Å². The molecule has 1 aliphatic rings. The van der Waals surface area contributed by atoms with E-state index in [0.29, 0.717) is 5.38 Å². The van der Waals surface area contributed by atoms with Crippen LogP contribution in [0.15, 0.2) is 0 Å². The van der Waals surface area contributed by atoms with Crippen LogP contribution in [0.4, 0.5) is 0 Å². The summed E-state index contributed by atoms with van der Waals surface area (Å²) < 4.78 is 0. The molecule has 1 radical (unpaired) electrons. The second-order valence-electron chi connectivity index (χ2n) is 1.67. The van der Waals surface area contributed by atoms with Crippen LogP contribution in [0.3, 0.4) is 0 Å². The van der Waals surface area contributed by atoms with Gasteiger partial charge in [-0.15, -0.1) is 11.6 Å². The predicted octanol–water partition coefficient (Wildman–Crippen LogP) is 2.28. The number of halogens is 1. The highest BCUT2D eigenvalue weighted by molar-refractivity contribution is 8.01. The van der Waals surface area contributed by atoms with E-state index in [0.717, 1.165) is 0 Å². The van der Waals surface area contributed by atoms with Gasteiger partial charge in [0.05, 0.1) is 0 Å². The van der Waals surface area contributed by atoms with E-state index >= 15 is 0 Å². The zero-order valence-electron chi connectivity index (χ0n) is 4.06. The van der Waals surface area contributed by atoms with Gasteiger partial charge in [-0.2, -0.15) is 11.8 Å². The Morgan fingerprint density at radius 3 is 2.86 bits per heavy atom. The van der Waals surface area contributed by atoms with E-state index in [2.05, 4.69) is 5.75 Å². The summed E-state index contributed by atoms with van der Waals surface area (Å²) in [5.74, 6) is 3.38. The highest BCUT2D eigenvalue weighted by atomic mass is 35.5. The Hall–Kier alpha value is 0.640. The van der Waals surface area contributed by atoms with Crippen molar-refractivity contribution < 1.29 is 0 Å². The van der Waals surface area contributed by atoms with Crippen LogP contribution in [0.25, 0.3) is 0 Å². The fourth-order valence-electron chi connectivity index (χ4n) is 0.602. The molecule has 0 aromatic heterocycles. The zero-order chi connectivity index (χ0) is 5.11. The van der Waals surface area contributed by atoms with E-state index < -0.39 is 0 Å². The van der Waals surface area contributed by atoms with Crippen LogP contribution >= 0.6 is 23.4 Å². The second-order valence-corrected chi connectivity index (χ2v) is 3.24. The first-order valence-electron chi connectivity index (χ1n) is 2.48. The number of thioether (sulfide) groups is 1. The van der Waals surface area contributed by atoms with E-state index in [1.54, 1.807) is 0 Å². The molecule has 0 amide bonds. The molecule has 0 saturated carbocycles. The van der Waals surface area contributed by atoms with E-state index in [4.69, 9.17) is 11.6 Å². The summed E-state index contributed by atoms with van der Waals surface area (Å²) in [6, 6.07) is 0. The van der Waals surface area contributed by atoms with E-state index in [9.17, 15) is 0 Å². The van der Waals surface area contributed by atoms with Crippen molar-refractivity contribution in [2.45, 2.75) is 18.2 Å². The monoisotopic (exact) mass is 135 g/mol. The molecule has 0 aliphatic carbocycles. The van der Waals surface area contributed by atoms with E-state index in [1.165, 1.54) is 18.6 Å². The van der Waals surface area contributed by atoms with Crippen LogP contribution in [0.5, 0.6) is 0 Å². The normalized spacial score (nSPS) is 33.0. The van der Waals surface area contributed by atoms with Gasteiger partial charge < -0.3 is 0 Å². The van der Waals surface area contributed by atoms with Crippen molar-refractivity contribution >= 4 is 23.4 Å². The topological polar surface area (TPSA) is 0 Å². The maximum atomic E-state index is 5.74. The lowest BCUT2D eigenvalue weighted by atomic mass is 10.3. The van der Waals surface area contributed by atoms with Crippen LogP contribution in [0, 0.1) is 5.75 Å². The fourth-order valence-corrected chi connectivity index (χ4v) is 1.79. The van der Waals surface area contributed by atoms with Crippen molar-refractivity contribution in [3.8, 4) is 0 Å². The minimum Gasteiger partial charge on any atom is -0.156 e. The molecule has 0 spiro atoms. The lowest BCUT2D eigenvalue weighted by Gasteiger charge is -2.12. The number of alkyl halides is 1. The number of hydrogen-bond acceptors (Lipinski definition) is 1. The standard InChI is InChI=1S/C5H8ClS/c6-5-2-1-3-7-4-5/h4-5H,1-3H2. The first kappa shape index (κ1) is 5.77. The molecule has 1 atom stereocenters. The molecule has 0 aromatic carbocycles. The Kier molecular flexibility index (Phi) is 2.33. The van der Waals surface area contributed by atoms with Gasteiger partial charge in [-0.3, -0.25) is 0 Å². The summed E-state index contributed by atoms with van der Waals surface area (Å²) in [5, 5.41) is 0.346. The third kappa shape index (κ3) is 1.92. The molecule has 7 heavy (non-hydrogen) atoms. The fraction of sp³-hybridized carbons (Fsp3) is 0.800. The van der Waals surface area contributed by atoms with Crippen LogP contribution in [0.2, 0.25) is 0 Å². The van der Waals surface area contributed by atoms with Gasteiger partial charge in [0.25, 0.3) is 0 Å². The molecule has 2 heteroatoms. The molecule has 1 aliphatic heterocycles. The molecular formula is C5H8ClS. The van der Waals surface area contributed by atoms with Crippen molar-refractivity contribution in [3.05, 3.63) is 5.75 Å². The van der Waals surface area contributed by atoms with Crippen LogP contribution in [0.1, 0.15) is 12.8 Å². The van der Waals surface area contributed by atoms with Crippen molar-refractivity contribution in [1.29, 1.82) is 0 Å². The summed E-state index contributed by atoms with van der Waals surface area (Å²) in [7, 11) is 0. The summed E-state index contributed by atoms with van der Waals surface area (Å²) >= 11 is 7.59. The van der Waals surface area contributed by atoms with E-state index in [-0.39, 0.29) is 0 Å². The summed E-state index contributed by atoms with van der Waals surface area (Å²) in [6.45, 7) is 0. The molecular weight excluding hydrogens is 128 g/mol. The van der Waals surface area contributed by atoms with E-state index in [1.807, 2.05) is 11.8 Å². The van der Waals surface area contributed by atoms with Crippen molar-refractivity contribution in [1.82, 2.24) is 0 Å². The van der Waals surface area contributed by atoms with Gasteiger partial charge in [0.1, 0.15) is 0 Å². The molecule has 1 fully saturated rings. The number of hydrogen-bond donors (Lipinski definition) is 0. The highest BCUT2D eigenvalue weighted by Crippen LogP contribution is 2.24. The Morgan fingerprint density at radius 1 is 1.71 bits per heavy atom.